The lowest BCUT2D eigenvalue weighted by atomic mass is 10.2. The Bertz CT molecular complexity index is 342. The quantitative estimate of drug-likeness (QED) is 0.792. The second-order valence-corrected chi connectivity index (χ2v) is 3.11. The molecule has 4 heteroatoms. The number of aryl methyl sites for hydroxylation is 1. The molecule has 1 unspecified atom stereocenters. The van der Waals surface area contributed by atoms with Crippen molar-refractivity contribution in [3.05, 3.63) is 27.9 Å². The molecule has 0 spiro atoms. The number of rotatable bonds is 4. The normalized spacial score (nSPS) is 12.8. The number of methoxy groups -OCH3 is 1. The highest BCUT2D eigenvalue weighted by Gasteiger charge is 2.11. The number of aromatic nitrogens is 2. The number of ether oxygens (including phenoxy) is 1. The van der Waals surface area contributed by atoms with Crippen LogP contribution in [0, 0.1) is 0 Å². The van der Waals surface area contributed by atoms with Gasteiger partial charge in [0.05, 0.1) is 0 Å². The van der Waals surface area contributed by atoms with Crippen LogP contribution in [0.5, 0.6) is 0 Å². The van der Waals surface area contributed by atoms with Gasteiger partial charge in [0.15, 0.2) is 0 Å². The first-order chi connectivity index (χ1) is 6.71. The van der Waals surface area contributed by atoms with Crippen LogP contribution in [0.15, 0.2) is 10.9 Å². The van der Waals surface area contributed by atoms with E-state index in [9.17, 15) is 4.79 Å². The first-order valence-electron chi connectivity index (χ1n) is 4.84. The summed E-state index contributed by atoms with van der Waals surface area (Å²) in [4.78, 5) is 18.3. The number of hydrogen-bond donors (Lipinski definition) is 1. The topological polar surface area (TPSA) is 55.0 Å². The van der Waals surface area contributed by atoms with Gasteiger partial charge in [0.1, 0.15) is 11.9 Å². The van der Waals surface area contributed by atoms with Gasteiger partial charge in [0, 0.05) is 18.9 Å². The minimum absolute atomic E-state index is 0.109. The van der Waals surface area contributed by atoms with Crippen LogP contribution in [0.2, 0.25) is 0 Å². The third-order valence-electron chi connectivity index (χ3n) is 2.14. The van der Waals surface area contributed by atoms with Crippen LogP contribution in [-0.2, 0) is 11.2 Å². The van der Waals surface area contributed by atoms with Crippen LogP contribution >= 0.6 is 0 Å². The van der Waals surface area contributed by atoms with E-state index in [1.807, 2.05) is 13.8 Å². The maximum atomic E-state index is 11.3. The predicted molar refractivity (Wildman–Crippen MR) is 54.3 cm³/mol. The van der Waals surface area contributed by atoms with Gasteiger partial charge in [0.2, 0.25) is 0 Å². The number of nitrogens with one attached hydrogen (secondary N) is 1. The van der Waals surface area contributed by atoms with Crippen molar-refractivity contribution >= 4 is 0 Å². The van der Waals surface area contributed by atoms with Crippen molar-refractivity contribution in [3.8, 4) is 0 Å². The fraction of sp³-hybridized carbons (Fsp3) is 0.600. The van der Waals surface area contributed by atoms with Crippen LogP contribution in [-0.4, -0.2) is 17.1 Å². The predicted octanol–water partition coefficient (Wildman–Crippen LogP) is 1.43. The molecular weight excluding hydrogens is 180 g/mol. The fourth-order valence-electron chi connectivity index (χ4n) is 1.33. The molecule has 0 saturated carbocycles. The molecule has 4 nitrogen and oxygen atoms in total. The summed E-state index contributed by atoms with van der Waals surface area (Å²) in [5, 5.41) is 0. The lowest BCUT2D eigenvalue weighted by Crippen LogP contribution is -2.16. The Kier molecular flexibility index (Phi) is 3.83. The summed E-state index contributed by atoms with van der Waals surface area (Å²) in [5.41, 5.74) is 0.696. The van der Waals surface area contributed by atoms with Gasteiger partial charge in [-0.1, -0.05) is 13.8 Å². The summed E-state index contributed by atoms with van der Waals surface area (Å²) in [7, 11) is 1.62. The number of H-pyrrole nitrogens is 1. The molecule has 1 rings (SSSR count). The summed E-state index contributed by atoms with van der Waals surface area (Å²) in [6, 6.07) is 1.52. The molecule has 1 N–H and O–H groups in total. The Morgan fingerprint density at radius 2 is 2.29 bits per heavy atom. The molecule has 1 atom stereocenters. The zero-order valence-corrected chi connectivity index (χ0v) is 8.83. The monoisotopic (exact) mass is 196 g/mol. The minimum Gasteiger partial charge on any atom is -0.374 e. The molecule has 1 heterocycles. The SMILES string of the molecule is CCc1cc(=O)[nH]c(C(CC)OC)n1. The lowest BCUT2D eigenvalue weighted by Gasteiger charge is -2.12. The van der Waals surface area contributed by atoms with Gasteiger partial charge < -0.3 is 9.72 Å². The van der Waals surface area contributed by atoms with Crippen LogP contribution in [0.3, 0.4) is 0 Å². The van der Waals surface area contributed by atoms with Crippen molar-refractivity contribution in [1.82, 2.24) is 9.97 Å². The first kappa shape index (κ1) is 10.9. The second kappa shape index (κ2) is 4.91. The van der Waals surface area contributed by atoms with E-state index in [0.717, 1.165) is 18.5 Å². The average molecular weight is 196 g/mol. The Morgan fingerprint density at radius 3 is 2.79 bits per heavy atom. The molecule has 0 aliphatic heterocycles. The average Bonchev–Trinajstić information content (AvgIpc) is 2.19. The van der Waals surface area contributed by atoms with Crippen molar-refractivity contribution in [1.29, 1.82) is 0 Å². The molecule has 0 amide bonds. The zero-order chi connectivity index (χ0) is 10.6. The zero-order valence-electron chi connectivity index (χ0n) is 8.83. The molecule has 1 aromatic heterocycles. The molecule has 78 valence electrons. The van der Waals surface area contributed by atoms with Gasteiger partial charge in [-0.25, -0.2) is 4.98 Å². The fourth-order valence-corrected chi connectivity index (χ4v) is 1.33. The lowest BCUT2D eigenvalue weighted by molar-refractivity contribution is 0.0921. The molecule has 1 aromatic rings. The van der Waals surface area contributed by atoms with Crippen molar-refractivity contribution in [2.75, 3.05) is 7.11 Å². The molecule has 0 radical (unpaired) electrons. The Morgan fingerprint density at radius 1 is 1.57 bits per heavy atom. The summed E-state index contributed by atoms with van der Waals surface area (Å²) in [6.45, 7) is 3.96. The Hall–Kier alpha value is -1.16. The van der Waals surface area contributed by atoms with Crippen LogP contribution < -0.4 is 5.56 Å². The van der Waals surface area contributed by atoms with E-state index in [0.29, 0.717) is 5.82 Å². The van der Waals surface area contributed by atoms with Crippen molar-refractivity contribution in [2.45, 2.75) is 32.8 Å². The van der Waals surface area contributed by atoms with Crippen LogP contribution in [0.25, 0.3) is 0 Å². The van der Waals surface area contributed by atoms with Crippen LogP contribution in [0.4, 0.5) is 0 Å². The van der Waals surface area contributed by atoms with E-state index < -0.39 is 0 Å². The van der Waals surface area contributed by atoms with E-state index in [1.54, 1.807) is 7.11 Å². The maximum absolute atomic E-state index is 11.3. The minimum atomic E-state index is -0.116. The summed E-state index contributed by atoms with van der Waals surface area (Å²) in [5.74, 6) is 0.624. The van der Waals surface area contributed by atoms with Crippen molar-refractivity contribution in [3.63, 3.8) is 0 Å². The second-order valence-electron chi connectivity index (χ2n) is 3.11. The molecule has 0 saturated heterocycles. The number of hydrogen-bond acceptors (Lipinski definition) is 3. The molecule has 0 aliphatic carbocycles. The Balaban J connectivity index is 3.07. The van der Waals surface area contributed by atoms with Crippen molar-refractivity contribution < 1.29 is 4.74 Å². The smallest absolute Gasteiger partial charge is 0.251 e. The molecule has 0 aromatic carbocycles. The Labute approximate surface area is 83.3 Å². The van der Waals surface area contributed by atoms with E-state index in [2.05, 4.69) is 9.97 Å². The number of aromatic amines is 1. The third-order valence-corrected chi connectivity index (χ3v) is 2.14. The highest BCUT2D eigenvalue weighted by Crippen LogP contribution is 2.14. The molecule has 14 heavy (non-hydrogen) atoms. The summed E-state index contributed by atoms with van der Waals surface area (Å²) < 4.78 is 5.21. The third kappa shape index (κ3) is 2.42. The maximum Gasteiger partial charge on any atom is 0.251 e. The van der Waals surface area contributed by atoms with Gasteiger partial charge in [0.25, 0.3) is 5.56 Å². The van der Waals surface area contributed by atoms with Gasteiger partial charge >= 0.3 is 0 Å². The summed E-state index contributed by atoms with van der Waals surface area (Å²) in [6.07, 6.45) is 1.44. The van der Waals surface area contributed by atoms with E-state index in [-0.39, 0.29) is 11.7 Å². The summed E-state index contributed by atoms with van der Waals surface area (Å²) >= 11 is 0. The van der Waals surface area contributed by atoms with Gasteiger partial charge in [-0.3, -0.25) is 4.79 Å². The van der Waals surface area contributed by atoms with Gasteiger partial charge in [-0.15, -0.1) is 0 Å². The van der Waals surface area contributed by atoms with Crippen molar-refractivity contribution in [2.24, 2.45) is 0 Å². The van der Waals surface area contributed by atoms with Gasteiger partial charge in [-0.05, 0) is 12.8 Å². The molecule has 0 bridgehead atoms. The standard InChI is InChI=1S/C10H16N2O2/c1-4-7-6-9(13)12-10(11-7)8(5-2)14-3/h6,8H,4-5H2,1-3H3,(H,11,12,13). The highest BCUT2D eigenvalue weighted by molar-refractivity contribution is 5.04. The van der Waals surface area contributed by atoms with Crippen LogP contribution in [0.1, 0.15) is 37.9 Å². The van der Waals surface area contributed by atoms with E-state index >= 15 is 0 Å². The molecule has 0 aliphatic rings. The number of nitrogens with zero attached hydrogens (tertiary/aromatic N) is 1. The largest absolute Gasteiger partial charge is 0.374 e. The highest BCUT2D eigenvalue weighted by atomic mass is 16.5. The van der Waals surface area contributed by atoms with E-state index in [1.165, 1.54) is 6.07 Å². The molecular formula is C10H16N2O2. The molecule has 0 fully saturated rings. The first-order valence-corrected chi connectivity index (χ1v) is 4.84. The van der Waals surface area contributed by atoms with E-state index in [4.69, 9.17) is 4.74 Å². The van der Waals surface area contributed by atoms with Gasteiger partial charge in [-0.2, -0.15) is 0 Å².